The first-order valence-electron chi connectivity index (χ1n) is 9.39. The van der Waals surface area contributed by atoms with Crippen molar-refractivity contribution in [3.63, 3.8) is 0 Å². The predicted octanol–water partition coefficient (Wildman–Crippen LogP) is 3.06. The Morgan fingerprint density at radius 2 is 2.38 bits per heavy atom. The maximum Gasteiger partial charge on any atom is 0.254 e. The fraction of sp³-hybridized carbons (Fsp3) is 0.550. The van der Waals surface area contributed by atoms with Crippen LogP contribution in [0.4, 0.5) is 0 Å². The largest absolute Gasteiger partial charge is 0.469 e. The lowest BCUT2D eigenvalue weighted by atomic mass is 9.73. The average molecular weight is 372 g/mol. The van der Waals surface area contributed by atoms with E-state index in [0.717, 1.165) is 32.5 Å². The molecule has 0 saturated carbocycles. The second-order valence-electron chi connectivity index (χ2n) is 7.88. The van der Waals surface area contributed by atoms with E-state index in [-0.39, 0.29) is 11.5 Å². The molecule has 2 bridgehead atoms. The molecule has 0 radical (unpaired) electrons. The molecule has 3 saturated heterocycles. The number of thiophene rings is 1. The number of furan rings is 1. The molecule has 1 N–H and O–H groups in total. The minimum atomic E-state index is -0.0403. The second-order valence-corrected chi connectivity index (χ2v) is 8.91. The van der Waals surface area contributed by atoms with E-state index in [0.29, 0.717) is 35.8 Å². The molecule has 3 aliphatic rings. The molecule has 3 aliphatic heterocycles. The van der Waals surface area contributed by atoms with Crippen LogP contribution in [0, 0.1) is 18.8 Å². The van der Waals surface area contributed by atoms with Gasteiger partial charge >= 0.3 is 0 Å². The van der Waals surface area contributed by atoms with E-state index in [9.17, 15) is 4.79 Å². The van der Waals surface area contributed by atoms with E-state index in [1.807, 2.05) is 18.3 Å². The number of likely N-dealkylation sites (tertiary alicyclic amines) is 1. The topological polar surface area (TPSA) is 54.7 Å². The normalized spacial score (nSPS) is 32.9. The fourth-order valence-electron chi connectivity index (χ4n) is 5.23. The monoisotopic (exact) mass is 372 g/mol. The molecule has 0 aliphatic carbocycles. The van der Waals surface area contributed by atoms with Crippen molar-refractivity contribution in [2.45, 2.75) is 38.0 Å². The summed E-state index contributed by atoms with van der Waals surface area (Å²) < 4.78 is 11.7. The lowest BCUT2D eigenvalue weighted by Crippen LogP contribution is -2.41. The zero-order chi connectivity index (χ0) is 17.7. The summed E-state index contributed by atoms with van der Waals surface area (Å²) in [5.41, 5.74) is 0.651. The van der Waals surface area contributed by atoms with Gasteiger partial charge in [0.25, 0.3) is 5.91 Å². The summed E-state index contributed by atoms with van der Waals surface area (Å²) in [6, 6.07) is 6.06. The first-order valence-corrected chi connectivity index (χ1v) is 10.3. The van der Waals surface area contributed by atoms with E-state index in [2.05, 4.69) is 27.7 Å². The average Bonchev–Trinajstić information content (AvgIpc) is 3.40. The summed E-state index contributed by atoms with van der Waals surface area (Å²) in [7, 11) is 0. The fourth-order valence-corrected chi connectivity index (χ4v) is 5.98. The molecular weight excluding hydrogens is 348 g/mol. The summed E-state index contributed by atoms with van der Waals surface area (Å²) in [5.74, 6) is 1.56. The van der Waals surface area contributed by atoms with Crippen LogP contribution < -0.4 is 5.32 Å². The van der Waals surface area contributed by atoms with Gasteiger partial charge in [-0.3, -0.25) is 9.69 Å². The summed E-state index contributed by atoms with van der Waals surface area (Å²) >= 11 is 1.82. The molecule has 1 spiro atoms. The van der Waals surface area contributed by atoms with Crippen LogP contribution in [0.2, 0.25) is 0 Å². The van der Waals surface area contributed by atoms with E-state index in [1.54, 1.807) is 12.3 Å². The van der Waals surface area contributed by atoms with Gasteiger partial charge in [0.15, 0.2) is 0 Å². The number of rotatable bonds is 5. The standard InChI is InChI=1S/C20H24N2O3S/c1-13-15(5-7-24-13)19(23)21-9-16-17-11-22(10-14-3-2-8-26-14)12-20(17)6-4-18(16)25-20/h2-3,5,7-8,16-18H,4,6,9-12H2,1H3,(H,21,23)/t16-,17+,18+,20+/m0/s1. The van der Waals surface area contributed by atoms with Crippen molar-refractivity contribution < 1.29 is 13.9 Å². The lowest BCUT2D eigenvalue weighted by molar-refractivity contribution is 0.00219. The number of carbonyl (C=O) groups is 1. The Hall–Kier alpha value is -1.63. The van der Waals surface area contributed by atoms with Gasteiger partial charge < -0.3 is 14.5 Å². The number of carbonyl (C=O) groups excluding carboxylic acids is 1. The Kier molecular flexibility index (Phi) is 3.95. The first kappa shape index (κ1) is 16.5. The number of nitrogens with zero attached hydrogens (tertiary/aromatic N) is 1. The highest BCUT2D eigenvalue weighted by atomic mass is 32.1. The molecule has 0 aromatic carbocycles. The number of hydrogen-bond acceptors (Lipinski definition) is 5. The van der Waals surface area contributed by atoms with Gasteiger partial charge in [-0.25, -0.2) is 0 Å². The van der Waals surface area contributed by atoms with Crippen LogP contribution in [0.3, 0.4) is 0 Å². The number of aryl methyl sites for hydroxylation is 1. The highest BCUT2D eigenvalue weighted by molar-refractivity contribution is 7.09. The molecular formula is C20H24N2O3S. The highest BCUT2D eigenvalue weighted by Gasteiger charge is 2.62. The molecule has 26 heavy (non-hydrogen) atoms. The van der Waals surface area contributed by atoms with Gasteiger partial charge in [-0.2, -0.15) is 0 Å². The van der Waals surface area contributed by atoms with Crippen molar-refractivity contribution in [2.24, 2.45) is 11.8 Å². The second kappa shape index (κ2) is 6.22. The van der Waals surface area contributed by atoms with Gasteiger partial charge in [-0.1, -0.05) is 6.07 Å². The van der Waals surface area contributed by atoms with Crippen molar-refractivity contribution in [2.75, 3.05) is 19.6 Å². The van der Waals surface area contributed by atoms with Gasteiger partial charge in [0, 0.05) is 42.9 Å². The van der Waals surface area contributed by atoms with E-state index < -0.39 is 0 Å². The van der Waals surface area contributed by atoms with Crippen LogP contribution in [-0.2, 0) is 11.3 Å². The van der Waals surface area contributed by atoms with Gasteiger partial charge in [-0.15, -0.1) is 11.3 Å². The quantitative estimate of drug-likeness (QED) is 0.876. The van der Waals surface area contributed by atoms with Crippen LogP contribution in [-0.4, -0.2) is 42.1 Å². The maximum absolute atomic E-state index is 12.4. The van der Waals surface area contributed by atoms with Crippen molar-refractivity contribution in [3.8, 4) is 0 Å². The Morgan fingerprint density at radius 1 is 1.46 bits per heavy atom. The molecule has 3 fully saturated rings. The lowest BCUT2D eigenvalue weighted by Gasteiger charge is -2.29. The summed E-state index contributed by atoms with van der Waals surface area (Å²) in [5, 5.41) is 5.27. The number of hydrogen-bond donors (Lipinski definition) is 1. The summed E-state index contributed by atoms with van der Waals surface area (Å²) in [4.78, 5) is 16.4. The van der Waals surface area contributed by atoms with Crippen LogP contribution in [0.25, 0.3) is 0 Å². The highest BCUT2D eigenvalue weighted by Crippen LogP contribution is 2.54. The van der Waals surface area contributed by atoms with Crippen LogP contribution in [0.15, 0.2) is 34.3 Å². The third kappa shape index (κ3) is 2.63. The Labute approximate surface area is 157 Å². The number of ether oxygens (including phenoxy) is 1. The zero-order valence-corrected chi connectivity index (χ0v) is 15.8. The van der Waals surface area contributed by atoms with Gasteiger partial charge in [0.05, 0.1) is 23.5 Å². The molecule has 5 nitrogen and oxygen atoms in total. The maximum atomic E-state index is 12.4. The van der Waals surface area contributed by atoms with E-state index in [1.165, 1.54) is 4.88 Å². The zero-order valence-electron chi connectivity index (χ0n) is 14.9. The summed E-state index contributed by atoms with van der Waals surface area (Å²) in [6.45, 7) is 5.62. The Morgan fingerprint density at radius 3 is 3.15 bits per heavy atom. The number of amides is 1. The van der Waals surface area contributed by atoms with Crippen molar-refractivity contribution >= 4 is 17.2 Å². The van der Waals surface area contributed by atoms with Crippen molar-refractivity contribution in [1.82, 2.24) is 10.2 Å². The molecule has 0 unspecified atom stereocenters. The molecule has 1 amide bonds. The predicted molar refractivity (Wildman–Crippen MR) is 99.2 cm³/mol. The molecule has 6 heteroatoms. The Bertz CT molecular complexity index is 802. The number of nitrogens with one attached hydrogen (secondary N) is 1. The first-order chi connectivity index (χ1) is 12.6. The minimum absolute atomic E-state index is 0.0167. The van der Waals surface area contributed by atoms with Gasteiger partial charge in [0.2, 0.25) is 0 Å². The minimum Gasteiger partial charge on any atom is -0.469 e. The van der Waals surface area contributed by atoms with Crippen molar-refractivity contribution in [3.05, 3.63) is 46.0 Å². The van der Waals surface area contributed by atoms with Crippen LogP contribution >= 0.6 is 11.3 Å². The third-order valence-electron chi connectivity index (χ3n) is 6.42. The SMILES string of the molecule is Cc1occc1C(=O)NC[C@H]1[C@H]2CN(Cc3cccs3)C[C@]23CC[C@H]1O3. The number of fused-ring (bicyclic) bond motifs is 1. The van der Waals surface area contributed by atoms with Crippen molar-refractivity contribution in [1.29, 1.82) is 0 Å². The Balaban J connectivity index is 1.26. The van der Waals surface area contributed by atoms with E-state index in [4.69, 9.17) is 9.15 Å². The van der Waals surface area contributed by atoms with Gasteiger partial charge in [-0.05, 0) is 37.3 Å². The molecule has 2 aromatic heterocycles. The third-order valence-corrected chi connectivity index (χ3v) is 7.28. The van der Waals surface area contributed by atoms with Gasteiger partial charge in [0.1, 0.15) is 5.76 Å². The molecule has 2 aromatic rings. The van der Waals surface area contributed by atoms with E-state index >= 15 is 0 Å². The summed E-state index contributed by atoms with van der Waals surface area (Å²) in [6.07, 6.45) is 4.15. The molecule has 138 valence electrons. The molecule has 5 heterocycles. The smallest absolute Gasteiger partial charge is 0.254 e. The molecule has 4 atom stereocenters. The van der Waals surface area contributed by atoms with Crippen LogP contribution in [0.5, 0.6) is 0 Å². The van der Waals surface area contributed by atoms with Crippen LogP contribution in [0.1, 0.15) is 33.8 Å². The molecule has 5 rings (SSSR count).